The third-order valence-electron chi connectivity index (χ3n) is 4.24. The maximum atomic E-state index is 12.3. The quantitative estimate of drug-likeness (QED) is 0.910. The summed E-state index contributed by atoms with van der Waals surface area (Å²) in [5, 5.41) is 2.13. The van der Waals surface area contributed by atoms with E-state index in [0.29, 0.717) is 12.3 Å². The number of fused-ring (bicyclic) bond motifs is 1. The van der Waals surface area contributed by atoms with E-state index in [-0.39, 0.29) is 18.0 Å². The lowest BCUT2D eigenvalue weighted by Crippen LogP contribution is -2.41. The summed E-state index contributed by atoms with van der Waals surface area (Å²) in [5.41, 5.74) is 7.39. The molecule has 18 heavy (non-hydrogen) atoms. The molecule has 0 bridgehead atoms. The lowest BCUT2D eigenvalue weighted by Gasteiger charge is -2.34. The largest absolute Gasteiger partial charge is 0.335 e. The topological polar surface area (TPSA) is 46.3 Å². The molecule has 1 aliphatic carbocycles. The number of nitrogens with two attached hydrogens (primary N) is 1. The molecule has 3 nitrogen and oxygen atoms in total. The van der Waals surface area contributed by atoms with Gasteiger partial charge in [0.25, 0.3) is 0 Å². The summed E-state index contributed by atoms with van der Waals surface area (Å²) >= 11 is 1.81. The minimum Gasteiger partial charge on any atom is -0.335 e. The van der Waals surface area contributed by atoms with Crippen molar-refractivity contribution in [2.24, 2.45) is 11.7 Å². The zero-order chi connectivity index (χ0) is 12.7. The third kappa shape index (κ3) is 2.19. The second kappa shape index (κ2) is 4.67. The summed E-state index contributed by atoms with van der Waals surface area (Å²) in [7, 11) is 0. The Morgan fingerprint density at radius 1 is 1.61 bits per heavy atom. The average Bonchev–Trinajstić information content (AvgIpc) is 3.08. The van der Waals surface area contributed by atoms with E-state index >= 15 is 0 Å². The maximum Gasteiger partial charge on any atom is 0.224 e. The Morgan fingerprint density at radius 3 is 3.11 bits per heavy atom. The first-order chi connectivity index (χ1) is 8.66. The van der Waals surface area contributed by atoms with Crippen LogP contribution in [-0.2, 0) is 11.2 Å². The molecule has 2 unspecified atom stereocenters. The first-order valence-corrected chi connectivity index (χ1v) is 7.66. The van der Waals surface area contributed by atoms with Gasteiger partial charge in [0.1, 0.15) is 0 Å². The highest BCUT2D eigenvalue weighted by Gasteiger charge is 2.33. The fraction of sp³-hybridized carbons (Fsp3) is 0.643. The molecule has 0 radical (unpaired) electrons. The Labute approximate surface area is 112 Å². The Kier molecular flexibility index (Phi) is 3.16. The van der Waals surface area contributed by atoms with Crippen LogP contribution in [0.25, 0.3) is 0 Å². The number of thiophene rings is 1. The van der Waals surface area contributed by atoms with Crippen LogP contribution in [0, 0.1) is 5.92 Å². The van der Waals surface area contributed by atoms with Gasteiger partial charge in [-0.3, -0.25) is 4.79 Å². The van der Waals surface area contributed by atoms with E-state index in [0.717, 1.165) is 13.0 Å². The van der Waals surface area contributed by atoms with Crippen LogP contribution < -0.4 is 5.73 Å². The zero-order valence-electron chi connectivity index (χ0n) is 10.8. The molecule has 1 saturated carbocycles. The number of carbonyl (C=O) groups is 1. The molecule has 2 heterocycles. The molecule has 0 saturated heterocycles. The molecule has 2 atom stereocenters. The Hall–Kier alpha value is -0.870. The van der Waals surface area contributed by atoms with Gasteiger partial charge in [0.05, 0.1) is 6.04 Å². The predicted molar refractivity (Wildman–Crippen MR) is 73.5 cm³/mol. The van der Waals surface area contributed by atoms with Crippen LogP contribution in [0.3, 0.4) is 0 Å². The molecule has 1 aliphatic heterocycles. The molecular formula is C14H20N2OS. The minimum atomic E-state index is 0.0774. The van der Waals surface area contributed by atoms with Gasteiger partial charge in [-0.05, 0) is 49.1 Å². The number of hydrogen-bond acceptors (Lipinski definition) is 3. The SMILES string of the molecule is CC1c2ccsc2CCN1C(=O)CC(N)C1CC1. The molecule has 1 fully saturated rings. The van der Waals surface area contributed by atoms with Crippen LogP contribution in [0.1, 0.15) is 42.7 Å². The summed E-state index contributed by atoms with van der Waals surface area (Å²) in [6, 6.07) is 2.46. The van der Waals surface area contributed by atoms with Crippen molar-refractivity contribution in [2.45, 2.75) is 44.7 Å². The molecule has 3 rings (SSSR count). The second-order valence-corrected chi connectivity index (χ2v) is 6.52. The fourth-order valence-electron chi connectivity index (χ4n) is 2.86. The Bertz CT molecular complexity index is 452. The van der Waals surface area contributed by atoms with Gasteiger partial charge in [-0.15, -0.1) is 11.3 Å². The number of nitrogens with zero attached hydrogens (tertiary/aromatic N) is 1. The van der Waals surface area contributed by atoms with Crippen molar-refractivity contribution in [3.8, 4) is 0 Å². The summed E-state index contributed by atoms with van der Waals surface area (Å²) in [6.45, 7) is 2.98. The monoisotopic (exact) mass is 264 g/mol. The Morgan fingerprint density at radius 2 is 2.39 bits per heavy atom. The molecule has 1 aromatic rings. The molecule has 1 aromatic heterocycles. The molecule has 0 spiro atoms. The Balaban J connectivity index is 1.67. The first kappa shape index (κ1) is 12.2. The summed E-state index contributed by atoms with van der Waals surface area (Å²) in [5.74, 6) is 0.838. The normalized spacial score (nSPS) is 24.8. The van der Waals surface area contributed by atoms with Crippen molar-refractivity contribution in [1.29, 1.82) is 0 Å². The molecule has 98 valence electrons. The van der Waals surface area contributed by atoms with Gasteiger partial charge < -0.3 is 10.6 Å². The van der Waals surface area contributed by atoms with E-state index in [9.17, 15) is 4.79 Å². The van der Waals surface area contributed by atoms with Gasteiger partial charge in [0, 0.05) is 23.9 Å². The summed E-state index contributed by atoms with van der Waals surface area (Å²) in [6.07, 6.45) is 3.94. The standard InChI is InChI=1S/C14H20N2OS/c1-9-11-5-7-18-13(11)4-6-16(9)14(17)8-12(15)10-2-3-10/h5,7,9-10,12H,2-4,6,8,15H2,1H3. The van der Waals surface area contributed by atoms with E-state index in [1.807, 2.05) is 16.2 Å². The fourth-order valence-corrected chi connectivity index (χ4v) is 3.82. The molecule has 2 aliphatic rings. The number of rotatable bonds is 3. The van der Waals surface area contributed by atoms with Crippen molar-refractivity contribution in [2.75, 3.05) is 6.54 Å². The van der Waals surface area contributed by atoms with Crippen LogP contribution in [0.2, 0.25) is 0 Å². The second-order valence-electron chi connectivity index (χ2n) is 5.52. The predicted octanol–water partition coefficient (Wildman–Crippen LogP) is 2.32. The van der Waals surface area contributed by atoms with Crippen LogP contribution in [-0.4, -0.2) is 23.4 Å². The van der Waals surface area contributed by atoms with Crippen LogP contribution in [0.5, 0.6) is 0 Å². The van der Waals surface area contributed by atoms with Gasteiger partial charge >= 0.3 is 0 Å². The van der Waals surface area contributed by atoms with E-state index in [1.165, 1.54) is 23.3 Å². The first-order valence-electron chi connectivity index (χ1n) is 6.78. The van der Waals surface area contributed by atoms with Crippen molar-refractivity contribution >= 4 is 17.2 Å². The van der Waals surface area contributed by atoms with Crippen molar-refractivity contribution in [3.63, 3.8) is 0 Å². The highest BCUT2D eigenvalue weighted by atomic mass is 32.1. The van der Waals surface area contributed by atoms with Crippen molar-refractivity contribution in [3.05, 3.63) is 21.9 Å². The van der Waals surface area contributed by atoms with Crippen LogP contribution in [0.4, 0.5) is 0 Å². The number of amides is 1. The van der Waals surface area contributed by atoms with Gasteiger partial charge in [0.15, 0.2) is 0 Å². The zero-order valence-corrected chi connectivity index (χ0v) is 11.6. The lowest BCUT2D eigenvalue weighted by atomic mass is 10.00. The van der Waals surface area contributed by atoms with E-state index in [1.54, 1.807) is 0 Å². The smallest absolute Gasteiger partial charge is 0.224 e. The molecule has 1 amide bonds. The van der Waals surface area contributed by atoms with Crippen molar-refractivity contribution < 1.29 is 4.79 Å². The van der Waals surface area contributed by atoms with Crippen LogP contribution >= 0.6 is 11.3 Å². The van der Waals surface area contributed by atoms with Gasteiger partial charge in [-0.1, -0.05) is 0 Å². The highest BCUT2D eigenvalue weighted by Crippen LogP contribution is 2.35. The lowest BCUT2D eigenvalue weighted by molar-refractivity contribution is -0.134. The maximum absolute atomic E-state index is 12.3. The van der Waals surface area contributed by atoms with Crippen molar-refractivity contribution in [1.82, 2.24) is 4.90 Å². The number of hydrogen-bond donors (Lipinski definition) is 1. The molecular weight excluding hydrogens is 244 g/mol. The molecule has 2 N–H and O–H groups in total. The summed E-state index contributed by atoms with van der Waals surface area (Å²) < 4.78 is 0. The molecule has 0 aromatic carbocycles. The third-order valence-corrected chi connectivity index (χ3v) is 5.23. The van der Waals surface area contributed by atoms with E-state index in [4.69, 9.17) is 5.73 Å². The van der Waals surface area contributed by atoms with Crippen LogP contribution in [0.15, 0.2) is 11.4 Å². The minimum absolute atomic E-state index is 0.0774. The average molecular weight is 264 g/mol. The van der Waals surface area contributed by atoms with E-state index in [2.05, 4.69) is 18.4 Å². The molecule has 4 heteroatoms. The van der Waals surface area contributed by atoms with Gasteiger partial charge in [-0.2, -0.15) is 0 Å². The summed E-state index contributed by atoms with van der Waals surface area (Å²) in [4.78, 5) is 15.8. The van der Waals surface area contributed by atoms with Gasteiger partial charge in [0.2, 0.25) is 5.91 Å². The van der Waals surface area contributed by atoms with E-state index < -0.39 is 0 Å². The van der Waals surface area contributed by atoms with Gasteiger partial charge in [-0.25, -0.2) is 0 Å². The number of carbonyl (C=O) groups excluding carboxylic acids is 1. The highest BCUT2D eigenvalue weighted by molar-refractivity contribution is 7.10.